The van der Waals surface area contributed by atoms with E-state index in [1.54, 1.807) is 0 Å². The van der Waals surface area contributed by atoms with E-state index in [2.05, 4.69) is 28.4 Å². The first-order valence-electron chi connectivity index (χ1n) is 4.15. The molecule has 3 nitrogen and oxygen atoms in total. The molecule has 0 saturated carbocycles. The third-order valence-corrected chi connectivity index (χ3v) is 1.19. The number of esters is 1. The summed E-state index contributed by atoms with van der Waals surface area (Å²) in [5.74, 6) is 10.0. The summed E-state index contributed by atoms with van der Waals surface area (Å²) in [6, 6.07) is 0. The van der Waals surface area contributed by atoms with Crippen molar-refractivity contribution in [2.24, 2.45) is 0 Å². The van der Waals surface area contributed by atoms with Crippen LogP contribution in [0.25, 0.3) is 0 Å². The number of hydrogen-bond acceptors (Lipinski definition) is 3. The summed E-state index contributed by atoms with van der Waals surface area (Å²) in [6.07, 6.45) is 3.90. The van der Waals surface area contributed by atoms with E-state index < -0.39 is 5.97 Å². The minimum Gasteiger partial charge on any atom is -0.466 e. The zero-order valence-electron chi connectivity index (χ0n) is 8.04. The van der Waals surface area contributed by atoms with Gasteiger partial charge >= 0.3 is 5.97 Å². The smallest absolute Gasteiger partial charge is 0.331 e. The quantitative estimate of drug-likeness (QED) is 0.306. The van der Waals surface area contributed by atoms with E-state index in [1.807, 2.05) is 0 Å². The third kappa shape index (κ3) is 8.39. The van der Waals surface area contributed by atoms with Gasteiger partial charge in [-0.1, -0.05) is 11.8 Å². The van der Waals surface area contributed by atoms with Gasteiger partial charge in [0, 0.05) is 19.1 Å². The fraction of sp³-hybridized carbons (Fsp3) is 0.364. The maximum Gasteiger partial charge on any atom is 0.331 e. The molecule has 0 aliphatic carbocycles. The molecule has 3 heteroatoms. The summed E-state index contributed by atoms with van der Waals surface area (Å²) in [4.78, 5) is 10.5. The summed E-state index contributed by atoms with van der Waals surface area (Å²) >= 11 is 0. The molecule has 0 rings (SSSR count). The van der Waals surface area contributed by atoms with Crippen LogP contribution in [0.2, 0.25) is 0 Å². The SMILES string of the molecule is COC(=O)/C=C\C#CC#CCCCO. The first kappa shape index (κ1) is 12.3. The lowest BCUT2D eigenvalue weighted by Gasteiger charge is -1.84. The molecule has 0 amide bonds. The second kappa shape index (κ2) is 9.38. The number of unbranched alkanes of at least 4 members (excludes halogenated alkanes) is 1. The molecule has 14 heavy (non-hydrogen) atoms. The lowest BCUT2D eigenvalue weighted by Crippen LogP contribution is -1.92. The van der Waals surface area contributed by atoms with E-state index >= 15 is 0 Å². The number of aliphatic hydroxyl groups is 1. The second-order valence-corrected chi connectivity index (χ2v) is 2.25. The van der Waals surface area contributed by atoms with Gasteiger partial charge < -0.3 is 9.84 Å². The molecule has 0 heterocycles. The van der Waals surface area contributed by atoms with E-state index in [4.69, 9.17) is 5.11 Å². The number of aliphatic hydroxyl groups excluding tert-OH is 1. The largest absolute Gasteiger partial charge is 0.466 e. The maximum absolute atomic E-state index is 10.5. The highest BCUT2D eigenvalue weighted by atomic mass is 16.5. The molecule has 0 bridgehead atoms. The van der Waals surface area contributed by atoms with Crippen molar-refractivity contribution in [3.05, 3.63) is 12.2 Å². The number of ether oxygens (including phenoxy) is 1. The molecule has 0 saturated heterocycles. The monoisotopic (exact) mass is 192 g/mol. The summed E-state index contributed by atoms with van der Waals surface area (Å²) in [6.45, 7) is 0.143. The van der Waals surface area contributed by atoms with Crippen molar-refractivity contribution in [2.75, 3.05) is 13.7 Å². The highest BCUT2D eigenvalue weighted by Crippen LogP contribution is 1.81. The van der Waals surface area contributed by atoms with E-state index in [-0.39, 0.29) is 6.61 Å². The Hall–Kier alpha value is -1.71. The summed E-state index contributed by atoms with van der Waals surface area (Å²) in [7, 11) is 1.30. The van der Waals surface area contributed by atoms with Gasteiger partial charge in [0.2, 0.25) is 0 Å². The molecule has 0 spiro atoms. The molecule has 0 aromatic rings. The van der Waals surface area contributed by atoms with E-state index in [0.29, 0.717) is 12.8 Å². The molecule has 0 aromatic carbocycles. The lowest BCUT2D eigenvalue weighted by molar-refractivity contribution is -0.134. The van der Waals surface area contributed by atoms with Gasteiger partial charge in [-0.15, -0.1) is 0 Å². The van der Waals surface area contributed by atoms with Gasteiger partial charge in [0.15, 0.2) is 0 Å². The average molecular weight is 192 g/mol. The molecule has 0 aromatic heterocycles. The zero-order valence-corrected chi connectivity index (χ0v) is 8.04. The van der Waals surface area contributed by atoms with Crippen LogP contribution in [0, 0.1) is 23.7 Å². The van der Waals surface area contributed by atoms with Gasteiger partial charge in [-0.2, -0.15) is 0 Å². The Morgan fingerprint density at radius 2 is 2.29 bits per heavy atom. The summed E-state index contributed by atoms with van der Waals surface area (Å²) in [5.41, 5.74) is 0. The first-order valence-corrected chi connectivity index (χ1v) is 4.15. The molecule has 0 atom stereocenters. The predicted octanol–water partition coefficient (Wildman–Crippen LogP) is 0.495. The van der Waals surface area contributed by atoms with Crippen LogP contribution in [0.15, 0.2) is 12.2 Å². The van der Waals surface area contributed by atoms with Crippen molar-refractivity contribution >= 4 is 5.97 Å². The Morgan fingerprint density at radius 1 is 1.50 bits per heavy atom. The van der Waals surface area contributed by atoms with Crippen molar-refractivity contribution in [3.8, 4) is 23.7 Å². The second-order valence-electron chi connectivity index (χ2n) is 2.25. The van der Waals surface area contributed by atoms with Crippen LogP contribution >= 0.6 is 0 Å². The molecule has 0 fully saturated rings. The molecule has 0 aliphatic rings. The van der Waals surface area contributed by atoms with Crippen molar-refractivity contribution in [3.63, 3.8) is 0 Å². The van der Waals surface area contributed by atoms with E-state index in [0.717, 1.165) is 0 Å². The molecule has 74 valence electrons. The summed E-state index contributed by atoms with van der Waals surface area (Å²) < 4.78 is 4.35. The van der Waals surface area contributed by atoms with Gasteiger partial charge in [0.05, 0.1) is 7.11 Å². The van der Waals surface area contributed by atoms with Crippen LogP contribution in [-0.4, -0.2) is 24.8 Å². The van der Waals surface area contributed by atoms with Crippen LogP contribution < -0.4 is 0 Å². The molecular weight excluding hydrogens is 180 g/mol. The Balaban J connectivity index is 3.75. The number of hydrogen-bond donors (Lipinski definition) is 1. The van der Waals surface area contributed by atoms with Crippen LogP contribution in [0.5, 0.6) is 0 Å². The number of methoxy groups -OCH3 is 1. The third-order valence-electron chi connectivity index (χ3n) is 1.19. The van der Waals surface area contributed by atoms with Crippen LogP contribution in [0.4, 0.5) is 0 Å². The Bertz CT molecular complexity index is 307. The van der Waals surface area contributed by atoms with E-state index in [9.17, 15) is 4.79 Å². The molecule has 0 radical (unpaired) electrons. The fourth-order valence-corrected chi connectivity index (χ4v) is 0.530. The molecule has 1 N–H and O–H groups in total. The van der Waals surface area contributed by atoms with Crippen molar-refractivity contribution in [1.29, 1.82) is 0 Å². The molecule has 0 unspecified atom stereocenters. The Morgan fingerprint density at radius 3 is 2.93 bits per heavy atom. The maximum atomic E-state index is 10.5. The van der Waals surface area contributed by atoms with Crippen LogP contribution in [-0.2, 0) is 9.53 Å². The number of carbonyl (C=O) groups is 1. The molecular formula is C11H12O3. The lowest BCUT2D eigenvalue weighted by atomic mass is 10.3. The first-order chi connectivity index (χ1) is 6.81. The Kier molecular flexibility index (Phi) is 8.23. The summed E-state index contributed by atoms with van der Waals surface area (Å²) in [5, 5.41) is 8.43. The molecule has 0 aliphatic heterocycles. The topological polar surface area (TPSA) is 46.5 Å². The van der Waals surface area contributed by atoms with E-state index in [1.165, 1.54) is 19.3 Å². The van der Waals surface area contributed by atoms with Crippen LogP contribution in [0.1, 0.15) is 12.8 Å². The highest BCUT2D eigenvalue weighted by Gasteiger charge is 1.85. The zero-order chi connectivity index (χ0) is 10.6. The highest BCUT2D eigenvalue weighted by molar-refractivity contribution is 5.82. The van der Waals surface area contributed by atoms with Gasteiger partial charge in [0.1, 0.15) is 0 Å². The normalized spacial score (nSPS) is 8.43. The average Bonchev–Trinajstić information content (AvgIpc) is 2.21. The predicted molar refractivity (Wildman–Crippen MR) is 53.0 cm³/mol. The van der Waals surface area contributed by atoms with Crippen LogP contribution in [0.3, 0.4) is 0 Å². The van der Waals surface area contributed by atoms with Crippen molar-refractivity contribution in [1.82, 2.24) is 0 Å². The van der Waals surface area contributed by atoms with Gasteiger partial charge in [-0.05, 0) is 24.3 Å². The fourth-order valence-electron chi connectivity index (χ4n) is 0.530. The Labute approximate surface area is 83.8 Å². The number of rotatable bonds is 3. The standard InChI is InChI=1S/C11H12O3/c1-14-11(13)9-7-5-3-2-4-6-8-10-12/h7,9,12H,6,8,10H2,1H3/b9-7-. The van der Waals surface area contributed by atoms with Gasteiger partial charge in [-0.3, -0.25) is 0 Å². The minimum atomic E-state index is -0.437. The van der Waals surface area contributed by atoms with Gasteiger partial charge in [-0.25, -0.2) is 4.79 Å². The van der Waals surface area contributed by atoms with Crippen molar-refractivity contribution in [2.45, 2.75) is 12.8 Å². The number of carbonyl (C=O) groups excluding carboxylic acids is 1. The number of allylic oxidation sites excluding steroid dienone is 1. The van der Waals surface area contributed by atoms with Gasteiger partial charge in [0.25, 0.3) is 0 Å². The minimum absolute atomic E-state index is 0.143. The van der Waals surface area contributed by atoms with Crippen molar-refractivity contribution < 1.29 is 14.6 Å².